The van der Waals surface area contributed by atoms with Crippen molar-refractivity contribution in [2.45, 2.75) is 0 Å². The normalized spacial score (nSPS) is 10.2. The molecule has 1 N–H and O–H groups in total. The summed E-state index contributed by atoms with van der Waals surface area (Å²) in [6, 6.07) is 11.8. The summed E-state index contributed by atoms with van der Waals surface area (Å²) < 4.78 is 1.78. The van der Waals surface area contributed by atoms with Crippen LogP contribution in [0.5, 0.6) is 0 Å². The molecule has 86 valence electrons. The molecule has 3 rings (SSSR count). The monoisotopic (exact) mass is 235 g/mol. The molecule has 5 nitrogen and oxygen atoms in total. The number of nitriles is 1. The molecule has 0 aliphatic carbocycles. The van der Waals surface area contributed by atoms with Crippen molar-refractivity contribution >= 4 is 0 Å². The molecule has 5 heteroatoms. The number of nitrogens with one attached hydrogen (secondary N) is 1. The van der Waals surface area contributed by atoms with Crippen LogP contribution in [-0.4, -0.2) is 20.0 Å². The van der Waals surface area contributed by atoms with Gasteiger partial charge in [-0.15, -0.1) is 0 Å². The van der Waals surface area contributed by atoms with Crippen molar-refractivity contribution in [2.24, 2.45) is 0 Å². The highest BCUT2D eigenvalue weighted by Crippen LogP contribution is 2.22. The first-order chi connectivity index (χ1) is 8.88. The molecule has 0 amide bonds. The number of hydrogen-bond donors (Lipinski definition) is 1. The molecule has 0 atom stereocenters. The van der Waals surface area contributed by atoms with Gasteiger partial charge in [0.15, 0.2) is 0 Å². The van der Waals surface area contributed by atoms with Gasteiger partial charge >= 0.3 is 0 Å². The lowest BCUT2D eigenvalue weighted by atomic mass is 10.1. The fourth-order valence-electron chi connectivity index (χ4n) is 1.81. The summed E-state index contributed by atoms with van der Waals surface area (Å²) in [6.45, 7) is 0. The number of aromatic amines is 1. The molecule has 2 heterocycles. The molecule has 0 aliphatic heterocycles. The van der Waals surface area contributed by atoms with Gasteiger partial charge in [0.25, 0.3) is 0 Å². The van der Waals surface area contributed by atoms with E-state index in [1.54, 1.807) is 17.1 Å². The maximum Gasteiger partial charge on any atom is 0.143 e. The average Bonchev–Trinajstić information content (AvgIpc) is 3.10. The molecule has 0 aliphatic rings. The van der Waals surface area contributed by atoms with E-state index in [2.05, 4.69) is 21.4 Å². The van der Waals surface area contributed by atoms with E-state index >= 15 is 0 Å². The Morgan fingerprint density at radius 3 is 2.72 bits per heavy atom. The highest BCUT2D eigenvalue weighted by Gasteiger charge is 2.06. The van der Waals surface area contributed by atoms with Gasteiger partial charge < -0.3 is 0 Å². The van der Waals surface area contributed by atoms with Crippen LogP contribution in [-0.2, 0) is 0 Å². The first kappa shape index (κ1) is 10.3. The number of rotatable bonds is 2. The molecule has 3 aromatic rings. The van der Waals surface area contributed by atoms with Gasteiger partial charge in [-0.3, -0.25) is 5.10 Å². The van der Waals surface area contributed by atoms with Crippen LogP contribution in [0.25, 0.3) is 16.8 Å². The van der Waals surface area contributed by atoms with Crippen molar-refractivity contribution in [3.8, 4) is 22.9 Å². The lowest BCUT2D eigenvalue weighted by Crippen LogP contribution is -1.93. The molecule has 0 bridgehead atoms. The van der Waals surface area contributed by atoms with Crippen LogP contribution in [0.4, 0.5) is 0 Å². The molecule has 18 heavy (non-hydrogen) atoms. The predicted octanol–water partition coefficient (Wildman–Crippen LogP) is 2.13. The van der Waals surface area contributed by atoms with E-state index in [1.165, 1.54) is 0 Å². The van der Waals surface area contributed by atoms with Gasteiger partial charge in [0.05, 0.1) is 11.9 Å². The van der Waals surface area contributed by atoms with Gasteiger partial charge in [0, 0.05) is 18.0 Å². The molecular formula is C13H9N5. The van der Waals surface area contributed by atoms with Crippen molar-refractivity contribution in [3.63, 3.8) is 0 Å². The van der Waals surface area contributed by atoms with Crippen LogP contribution >= 0.6 is 0 Å². The minimum Gasteiger partial charge on any atom is -0.267 e. The van der Waals surface area contributed by atoms with Crippen LogP contribution in [0, 0.1) is 11.3 Å². The maximum atomic E-state index is 8.94. The number of hydrogen-bond acceptors (Lipinski definition) is 3. The third-order valence-corrected chi connectivity index (χ3v) is 2.70. The van der Waals surface area contributed by atoms with Gasteiger partial charge in [-0.05, 0) is 23.8 Å². The van der Waals surface area contributed by atoms with Gasteiger partial charge in [-0.25, -0.2) is 4.68 Å². The molecule has 0 saturated carbocycles. The summed E-state index contributed by atoms with van der Waals surface area (Å²) >= 11 is 0. The van der Waals surface area contributed by atoms with Crippen molar-refractivity contribution in [2.75, 3.05) is 0 Å². The van der Waals surface area contributed by atoms with Crippen LogP contribution in [0.2, 0.25) is 0 Å². The average molecular weight is 235 g/mol. The van der Waals surface area contributed by atoms with E-state index in [0.717, 1.165) is 16.8 Å². The first-order valence-electron chi connectivity index (χ1n) is 5.42. The van der Waals surface area contributed by atoms with Gasteiger partial charge in [-0.2, -0.15) is 15.5 Å². The van der Waals surface area contributed by atoms with E-state index < -0.39 is 0 Å². The molecule has 1 aromatic carbocycles. The standard InChI is InChI=1S/C13H9N5/c14-8-13-12(9-15-17-13)10-2-4-11(5-3-10)18-7-1-6-16-18/h1-7,9H,(H,15,17). The Labute approximate surface area is 103 Å². The summed E-state index contributed by atoms with van der Waals surface area (Å²) in [6.07, 6.45) is 5.27. The Bertz CT molecular complexity index is 686. The molecule has 0 unspecified atom stereocenters. The zero-order valence-corrected chi connectivity index (χ0v) is 9.41. The molecular weight excluding hydrogens is 226 g/mol. The van der Waals surface area contributed by atoms with Crippen LogP contribution in [0.15, 0.2) is 48.9 Å². The van der Waals surface area contributed by atoms with Gasteiger partial charge in [-0.1, -0.05) is 12.1 Å². The van der Waals surface area contributed by atoms with Crippen molar-refractivity contribution in [1.82, 2.24) is 20.0 Å². The third-order valence-electron chi connectivity index (χ3n) is 2.70. The minimum atomic E-state index is 0.474. The number of H-pyrrole nitrogens is 1. The third kappa shape index (κ3) is 1.66. The van der Waals surface area contributed by atoms with E-state index in [4.69, 9.17) is 5.26 Å². The number of aromatic nitrogens is 4. The summed E-state index contributed by atoms with van der Waals surface area (Å²) in [4.78, 5) is 0. The maximum absolute atomic E-state index is 8.94. The summed E-state index contributed by atoms with van der Waals surface area (Å²) in [5.41, 5.74) is 3.22. The zero-order chi connectivity index (χ0) is 12.4. The van der Waals surface area contributed by atoms with Gasteiger partial charge in [0.1, 0.15) is 11.8 Å². The SMILES string of the molecule is N#Cc1[nH]ncc1-c1ccc(-n2cccn2)cc1. The van der Waals surface area contributed by atoms with E-state index in [1.807, 2.05) is 36.5 Å². The molecule has 0 fully saturated rings. The fourth-order valence-corrected chi connectivity index (χ4v) is 1.81. The first-order valence-corrected chi connectivity index (χ1v) is 5.42. The second kappa shape index (κ2) is 4.18. The van der Waals surface area contributed by atoms with Gasteiger partial charge in [0.2, 0.25) is 0 Å². The van der Waals surface area contributed by atoms with Crippen LogP contribution in [0.1, 0.15) is 5.69 Å². The highest BCUT2D eigenvalue weighted by molar-refractivity contribution is 5.68. The molecule has 0 spiro atoms. The Morgan fingerprint density at radius 2 is 2.06 bits per heavy atom. The lowest BCUT2D eigenvalue weighted by Gasteiger charge is -2.03. The minimum absolute atomic E-state index is 0.474. The topological polar surface area (TPSA) is 70.3 Å². The number of nitrogens with zero attached hydrogens (tertiary/aromatic N) is 4. The fraction of sp³-hybridized carbons (Fsp3) is 0. The molecule has 2 aromatic heterocycles. The Morgan fingerprint density at radius 1 is 1.22 bits per heavy atom. The van der Waals surface area contributed by atoms with Crippen molar-refractivity contribution in [1.29, 1.82) is 5.26 Å². The molecule has 0 radical (unpaired) electrons. The summed E-state index contributed by atoms with van der Waals surface area (Å²) in [5, 5.41) is 19.6. The van der Waals surface area contributed by atoms with Crippen LogP contribution in [0.3, 0.4) is 0 Å². The van der Waals surface area contributed by atoms with E-state index in [-0.39, 0.29) is 0 Å². The quantitative estimate of drug-likeness (QED) is 0.739. The largest absolute Gasteiger partial charge is 0.267 e. The number of benzene rings is 1. The Hall–Kier alpha value is -2.87. The zero-order valence-electron chi connectivity index (χ0n) is 9.41. The summed E-state index contributed by atoms with van der Waals surface area (Å²) in [5.74, 6) is 0. The second-order valence-electron chi connectivity index (χ2n) is 3.77. The van der Waals surface area contributed by atoms with Crippen LogP contribution < -0.4 is 0 Å². The summed E-state index contributed by atoms with van der Waals surface area (Å²) in [7, 11) is 0. The Kier molecular flexibility index (Phi) is 2.39. The lowest BCUT2D eigenvalue weighted by molar-refractivity contribution is 0.881. The predicted molar refractivity (Wildman–Crippen MR) is 65.9 cm³/mol. The smallest absolute Gasteiger partial charge is 0.143 e. The van der Waals surface area contributed by atoms with E-state index in [9.17, 15) is 0 Å². The second-order valence-corrected chi connectivity index (χ2v) is 3.77. The van der Waals surface area contributed by atoms with Crippen molar-refractivity contribution in [3.05, 3.63) is 54.6 Å². The highest BCUT2D eigenvalue weighted by atomic mass is 15.3. The van der Waals surface area contributed by atoms with E-state index in [0.29, 0.717) is 5.69 Å². The Balaban J connectivity index is 2.00. The van der Waals surface area contributed by atoms with Crippen molar-refractivity contribution < 1.29 is 0 Å². The molecule has 0 saturated heterocycles.